The van der Waals surface area contributed by atoms with E-state index in [2.05, 4.69) is 10.1 Å². The molecule has 1 aliphatic rings. The van der Waals surface area contributed by atoms with E-state index >= 15 is 0 Å². The number of hydrogen-bond donors (Lipinski definition) is 1. The van der Waals surface area contributed by atoms with Gasteiger partial charge >= 0.3 is 12.1 Å². The van der Waals surface area contributed by atoms with Gasteiger partial charge in [-0.1, -0.05) is 5.16 Å². The number of amides is 1. The Morgan fingerprint density at radius 2 is 1.94 bits per heavy atom. The summed E-state index contributed by atoms with van der Waals surface area (Å²) in [5.41, 5.74) is 2.14. The Morgan fingerprint density at radius 3 is 2.58 bits per heavy atom. The van der Waals surface area contributed by atoms with E-state index in [1.54, 1.807) is 20.0 Å². The second kappa shape index (κ2) is 9.80. The number of carbonyl (C=O) groups excluding carboxylic acids is 1. The number of aromatic nitrogens is 2. The predicted octanol–water partition coefficient (Wildman–Crippen LogP) is 4.74. The maximum Gasteiger partial charge on any atom is 0.410 e. The van der Waals surface area contributed by atoms with Crippen LogP contribution in [0.1, 0.15) is 63.4 Å². The highest BCUT2D eigenvalue weighted by Gasteiger charge is 2.29. The summed E-state index contributed by atoms with van der Waals surface area (Å²) in [6.07, 6.45) is 2.26. The normalized spacial score (nSPS) is 18.6. The van der Waals surface area contributed by atoms with Crippen LogP contribution in [0, 0.1) is 19.8 Å². The van der Waals surface area contributed by atoms with E-state index in [4.69, 9.17) is 14.0 Å². The van der Waals surface area contributed by atoms with Gasteiger partial charge in [0.2, 0.25) is 0 Å². The number of pyridine rings is 1. The maximum absolute atomic E-state index is 12.4. The highest BCUT2D eigenvalue weighted by Crippen LogP contribution is 2.32. The molecule has 0 aromatic carbocycles. The second-order valence-electron chi connectivity index (χ2n) is 9.58. The van der Waals surface area contributed by atoms with Crippen LogP contribution < -0.4 is 4.74 Å². The van der Waals surface area contributed by atoms with Gasteiger partial charge in [0.15, 0.2) is 5.76 Å². The van der Waals surface area contributed by atoms with Gasteiger partial charge in [-0.05, 0) is 72.4 Å². The third-order valence-electron chi connectivity index (χ3n) is 6.14. The molecule has 1 saturated carbocycles. The van der Waals surface area contributed by atoms with Crippen LogP contribution in [0.25, 0.3) is 11.5 Å². The van der Waals surface area contributed by atoms with Crippen LogP contribution in [0.2, 0.25) is 0 Å². The van der Waals surface area contributed by atoms with Crippen molar-refractivity contribution in [3.63, 3.8) is 0 Å². The van der Waals surface area contributed by atoms with Crippen molar-refractivity contribution in [3.05, 3.63) is 29.1 Å². The number of rotatable bonds is 6. The van der Waals surface area contributed by atoms with E-state index in [1.165, 1.54) is 4.90 Å². The Kier molecular flexibility index (Phi) is 7.29. The lowest BCUT2D eigenvalue weighted by molar-refractivity contribution is -0.143. The fourth-order valence-electron chi connectivity index (χ4n) is 3.72. The van der Waals surface area contributed by atoms with Gasteiger partial charge in [-0.15, -0.1) is 0 Å². The van der Waals surface area contributed by atoms with Crippen molar-refractivity contribution >= 4 is 12.1 Å². The van der Waals surface area contributed by atoms with E-state index < -0.39 is 12.1 Å². The Balaban J connectivity index is 1.72. The SMILES string of the molecule is Cc1nc(-c2onc(C)c2COC(=O)N(C)C(C)(C)C)ccc1O[C@H]1CCC[C@H](C(=O)O)C1. The third kappa shape index (κ3) is 5.83. The van der Waals surface area contributed by atoms with Crippen LogP contribution in [0.15, 0.2) is 16.7 Å². The number of aliphatic carboxylic acids is 1. The molecule has 0 radical (unpaired) electrons. The van der Waals surface area contributed by atoms with Crippen molar-refractivity contribution in [1.29, 1.82) is 0 Å². The first-order chi connectivity index (χ1) is 15.5. The Hall–Kier alpha value is -3.10. The van der Waals surface area contributed by atoms with Crippen molar-refractivity contribution in [3.8, 4) is 17.2 Å². The van der Waals surface area contributed by atoms with Crippen LogP contribution in [0.3, 0.4) is 0 Å². The molecule has 0 aliphatic heterocycles. The number of carbonyl (C=O) groups is 2. The second-order valence-corrected chi connectivity index (χ2v) is 9.58. The molecule has 180 valence electrons. The van der Waals surface area contributed by atoms with Crippen LogP contribution in [0.4, 0.5) is 4.79 Å². The molecule has 1 N–H and O–H groups in total. The predicted molar refractivity (Wildman–Crippen MR) is 121 cm³/mol. The number of carboxylic acids is 1. The summed E-state index contributed by atoms with van der Waals surface area (Å²) in [5.74, 6) is -0.0741. The molecule has 0 unspecified atom stereocenters. The Labute approximate surface area is 194 Å². The van der Waals surface area contributed by atoms with Crippen LogP contribution in [-0.2, 0) is 16.1 Å². The largest absolute Gasteiger partial charge is 0.489 e. The van der Waals surface area contributed by atoms with Crippen molar-refractivity contribution in [1.82, 2.24) is 15.0 Å². The van der Waals surface area contributed by atoms with Gasteiger partial charge in [0.05, 0.1) is 29.0 Å². The molecule has 33 heavy (non-hydrogen) atoms. The van der Waals surface area contributed by atoms with Gasteiger partial charge in [-0.25, -0.2) is 9.78 Å². The molecule has 0 spiro atoms. The summed E-state index contributed by atoms with van der Waals surface area (Å²) >= 11 is 0. The quantitative estimate of drug-likeness (QED) is 0.658. The van der Waals surface area contributed by atoms with Crippen LogP contribution in [-0.4, -0.2) is 50.9 Å². The molecule has 1 amide bonds. The van der Waals surface area contributed by atoms with Gasteiger partial charge in [0.1, 0.15) is 18.1 Å². The molecule has 1 aliphatic carbocycles. The molecule has 3 rings (SSSR count). The van der Waals surface area contributed by atoms with Gasteiger partial charge in [0.25, 0.3) is 0 Å². The minimum atomic E-state index is -0.767. The smallest absolute Gasteiger partial charge is 0.410 e. The summed E-state index contributed by atoms with van der Waals surface area (Å²) < 4.78 is 17.1. The lowest BCUT2D eigenvalue weighted by Gasteiger charge is -2.30. The van der Waals surface area contributed by atoms with E-state index in [0.29, 0.717) is 47.0 Å². The number of aryl methyl sites for hydroxylation is 2. The van der Waals surface area contributed by atoms with Crippen molar-refractivity contribution < 1.29 is 28.7 Å². The van der Waals surface area contributed by atoms with Gasteiger partial charge < -0.3 is 24.0 Å². The molecule has 0 bridgehead atoms. The average Bonchev–Trinajstić information content (AvgIpc) is 3.12. The number of nitrogens with zero attached hydrogens (tertiary/aromatic N) is 3. The number of hydrogen-bond acceptors (Lipinski definition) is 7. The number of carboxylic acid groups (broad SMARTS) is 1. The maximum atomic E-state index is 12.4. The van der Waals surface area contributed by atoms with E-state index in [-0.39, 0.29) is 24.2 Å². The van der Waals surface area contributed by atoms with E-state index in [1.807, 2.05) is 33.8 Å². The minimum Gasteiger partial charge on any atom is -0.489 e. The summed E-state index contributed by atoms with van der Waals surface area (Å²) in [6, 6.07) is 3.58. The molecule has 2 atom stereocenters. The Bertz CT molecular complexity index is 1010. The van der Waals surface area contributed by atoms with E-state index in [0.717, 1.165) is 12.8 Å². The molecule has 0 saturated heterocycles. The first-order valence-corrected chi connectivity index (χ1v) is 11.2. The molecule has 1 fully saturated rings. The summed E-state index contributed by atoms with van der Waals surface area (Å²) in [6.45, 7) is 9.41. The lowest BCUT2D eigenvalue weighted by atomic mass is 9.87. The molecule has 9 nitrogen and oxygen atoms in total. The molecule has 2 aromatic heterocycles. The number of ether oxygens (including phenoxy) is 2. The van der Waals surface area contributed by atoms with Crippen LogP contribution >= 0.6 is 0 Å². The zero-order valence-corrected chi connectivity index (χ0v) is 20.2. The molecule has 2 aromatic rings. The minimum absolute atomic E-state index is 0.0154. The summed E-state index contributed by atoms with van der Waals surface area (Å²) in [5, 5.41) is 13.3. The summed E-state index contributed by atoms with van der Waals surface area (Å²) in [4.78, 5) is 29.8. The Morgan fingerprint density at radius 1 is 1.21 bits per heavy atom. The fourth-order valence-corrected chi connectivity index (χ4v) is 3.72. The topological polar surface area (TPSA) is 115 Å². The van der Waals surface area contributed by atoms with Crippen molar-refractivity contribution in [2.45, 2.75) is 78.6 Å². The first kappa shape index (κ1) is 24.5. The first-order valence-electron chi connectivity index (χ1n) is 11.2. The molecule has 2 heterocycles. The zero-order valence-electron chi connectivity index (χ0n) is 20.2. The molecular formula is C24H33N3O6. The van der Waals surface area contributed by atoms with E-state index in [9.17, 15) is 14.7 Å². The summed E-state index contributed by atoms with van der Waals surface area (Å²) in [7, 11) is 1.69. The monoisotopic (exact) mass is 459 g/mol. The van der Waals surface area contributed by atoms with Crippen molar-refractivity contribution in [2.24, 2.45) is 5.92 Å². The highest BCUT2D eigenvalue weighted by atomic mass is 16.6. The zero-order chi connectivity index (χ0) is 24.3. The fraction of sp³-hybridized carbons (Fsp3) is 0.583. The third-order valence-corrected chi connectivity index (χ3v) is 6.14. The van der Waals surface area contributed by atoms with Gasteiger partial charge in [-0.2, -0.15) is 0 Å². The lowest BCUT2D eigenvalue weighted by Crippen LogP contribution is -2.42. The van der Waals surface area contributed by atoms with Crippen LogP contribution in [0.5, 0.6) is 5.75 Å². The average molecular weight is 460 g/mol. The van der Waals surface area contributed by atoms with Crippen molar-refractivity contribution in [2.75, 3.05) is 7.05 Å². The standard InChI is InChI=1S/C24H33N3O6/c1-14-18(13-31-23(30)27(6)24(3,4)5)21(33-26-14)19-10-11-20(15(2)25-19)32-17-9-7-8-16(12-17)22(28)29/h10-11,16-17H,7-9,12-13H2,1-6H3,(H,28,29)/t16-,17-/m0/s1. The highest BCUT2D eigenvalue weighted by molar-refractivity contribution is 5.70. The van der Waals surface area contributed by atoms with Gasteiger partial charge in [0, 0.05) is 12.6 Å². The van der Waals surface area contributed by atoms with Gasteiger partial charge in [-0.3, -0.25) is 4.79 Å². The molecular weight excluding hydrogens is 426 g/mol. The molecule has 9 heteroatoms.